The third kappa shape index (κ3) is 4.24. The molecule has 0 amide bonds. The molecule has 1 heterocycles. The molecule has 1 aromatic heterocycles. The number of carbonyl (C=O) groups excluding carboxylic acids is 1. The predicted octanol–water partition coefficient (Wildman–Crippen LogP) is 4.74. The molecule has 0 saturated heterocycles. The summed E-state index contributed by atoms with van der Waals surface area (Å²) in [5.74, 6) is 0.307. The average Bonchev–Trinajstić information content (AvgIpc) is 2.79. The molecule has 0 fully saturated rings. The van der Waals surface area contributed by atoms with E-state index in [4.69, 9.17) is 14.7 Å². The Bertz CT molecular complexity index is 1130. The van der Waals surface area contributed by atoms with Crippen molar-refractivity contribution in [3.8, 4) is 11.3 Å². The normalized spacial score (nSPS) is 10.7. The fraction of sp³-hybridized carbons (Fsp3) is 0.125. The van der Waals surface area contributed by atoms with Crippen LogP contribution in [0, 0.1) is 0 Å². The zero-order valence-electron chi connectivity index (χ0n) is 16.1. The standard InChI is InChI=1S/C24H21N3O2/c1-29-24(28)19-12-13-20-21(16-19)27-23(22(26-20)18-10-6-3-7-11-18)25-15-14-17-8-4-2-5-9-17/h2-13,16H,14-15H2,1H3,(H,25,27). The molecule has 4 aromatic rings. The van der Waals surface area contributed by atoms with Gasteiger partial charge < -0.3 is 10.1 Å². The summed E-state index contributed by atoms with van der Waals surface area (Å²) in [6.45, 7) is 0.723. The van der Waals surface area contributed by atoms with Crippen molar-refractivity contribution in [1.82, 2.24) is 9.97 Å². The van der Waals surface area contributed by atoms with Crippen LogP contribution >= 0.6 is 0 Å². The summed E-state index contributed by atoms with van der Waals surface area (Å²) in [5, 5.41) is 3.43. The summed E-state index contributed by atoms with van der Waals surface area (Å²) in [7, 11) is 1.37. The third-order valence-electron chi connectivity index (χ3n) is 4.68. The van der Waals surface area contributed by atoms with Crippen molar-refractivity contribution in [2.75, 3.05) is 19.0 Å². The zero-order chi connectivity index (χ0) is 20.1. The third-order valence-corrected chi connectivity index (χ3v) is 4.68. The second kappa shape index (κ2) is 8.52. The number of rotatable bonds is 6. The number of carbonyl (C=O) groups is 1. The van der Waals surface area contributed by atoms with Crippen LogP contribution in [0.2, 0.25) is 0 Å². The highest BCUT2D eigenvalue weighted by Gasteiger charge is 2.13. The Kier molecular flexibility index (Phi) is 5.47. The van der Waals surface area contributed by atoms with Crippen LogP contribution in [0.3, 0.4) is 0 Å². The molecule has 0 saturated carbocycles. The molecule has 0 aliphatic heterocycles. The molecular weight excluding hydrogens is 362 g/mol. The summed E-state index contributed by atoms with van der Waals surface area (Å²) < 4.78 is 4.82. The van der Waals surface area contributed by atoms with Gasteiger partial charge in [0.2, 0.25) is 0 Å². The molecular formula is C24H21N3O2. The van der Waals surface area contributed by atoms with E-state index in [1.165, 1.54) is 12.7 Å². The van der Waals surface area contributed by atoms with E-state index in [0.29, 0.717) is 16.9 Å². The van der Waals surface area contributed by atoms with Gasteiger partial charge >= 0.3 is 5.97 Å². The fourth-order valence-corrected chi connectivity index (χ4v) is 3.19. The lowest BCUT2D eigenvalue weighted by Crippen LogP contribution is -2.09. The van der Waals surface area contributed by atoms with E-state index in [0.717, 1.165) is 29.7 Å². The second-order valence-electron chi connectivity index (χ2n) is 6.64. The number of nitrogens with one attached hydrogen (secondary N) is 1. The predicted molar refractivity (Wildman–Crippen MR) is 115 cm³/mol. The summed E-state index contributed by atoms with van der Waals surface area (Å²) in [5.41, 5.74) is 4.86. The van der Waals surface area contributed by atoms with Gasteiger partial charge in [0.1, 0.15) is 5.69 Å². The second-order valence-corrected chi connectivity index (χ2v) is 6.64. The number of hydrogen-bond acceptors (Lipinski definition) is 5. The van der Waals surface area contributed by atoms with Gasteiger partial charge in [-0.1, -0.05) is 60.7 Å². The number of anilines is 1. The number of methoxy groups -OCH3 is 1. The Morgan fingerprint density at radius 1 is 0.897 bits per heavy atom. The smallest absolute Gasteiger partial charge is 0.337 e. The molecule has 144 valence electrons. The van der Waals surface area contributed by atoms with Crippen LogP contribution in [-0.4, -0.2) is 29.6 Å². The summed E-state index contributed by atoms with van der Waals surface area (Å²) in [4.78, 5) is 21.5. The minimum atomic E-state index is -0.389. The first-order valence-corrected chi connectivity index (χ1v) is 9.48. The highest BCUT2D eigenvalue weighted by molar-refractivity contribution is 5.94. The van der Waals surface area contributed by atoms with Gasteiger partial charge in [-0.05, 0) is 30.2 Å². The van der Waals surface area contributed by atoms with Crippen LogP contribution in [0.5, 0.6) is 0 Å². The van der Waals surface area contributed by atoms with Crippen molar-refractivity contribution in [3.63, 3.8) is 0 Å². The molecule has 0 bridgehead atoms. The molecule has 0 radical (unpaired) electrons. The number of ether oxygens (including phenoxy) is 1. The van der Waals surface area contributed by atoms with Gasteiger partial charge in [-0.3, -0.25) is 0 Å². The first-order valence-electron chi connectivity index (χ1n) is 9.48. The van der Waals surface area contributed by atoms with E-state index in [9.17, 15) is 4.79 Å². The van der Waals surface area contributed by atoms with Crippen LogP contribution in [0.15, 0.2) is 78.9 Å². The molecule has 1 N–H and O–H groups in total. The maximum atomic E-state index is 11.9. The lowest BCUT2D eigenvalue weighted by Gasteiger charge is -2.13. The lowest BCUT2D eigenvalue weighted by atomic mass is 10.1. The Labute approximate surface area is 169 Å². The first kappa shape index (κ1) is 18.6. The van der Waals surface area contributed by atoms with Crippen molar-refractivity contribution in [2.45, 2.75) is 6.42 Å². The zero-order valence-corrected chi connectivity index (χ0v) is 16.1. The van der Waals surface area contributed by atoms with Crippen molar-refractivity contribution in [1.29, 1.82) is 0 Å². The minimum absolute atomic E-state index is 0.389. The number of benzene rings is 3. The summed E-state index contributed by atoms with van der Waals surface area (Å²) in [6.07, 6.45) is 0.872. The first-order chi connectivity index (χ1) is 14.2. The van der Waals surface area contributed by atoms with Crippen molar-refractivity contribution >= 4 is 22.8 Å². The fourth-order valence-electron chi connectivity index (χ4n) is 3.19. The molecule has 0 aliphatic carbocycles. The number of fused-ring (bicyclic) bond motifs is 1. The van der Waals surface area contributed by atoms with E-state index < -0.39 is 0 Å². The average molecular weight is 383 g/mol. The van der Waals surface area contributed by atoms with Crippen LogP contribution in [-0.2, 0) is 11.2 Å². The molecule has 0 atom stereocenters. The van der Waals surface area contributed by atoms with Crippen LogP contribution in [0.4, 0.5) is 5.82 Å². The lowest BCUT2D eigenvalue weighted by molar-refractivity contribution is 0.0601. The Morgan fingerprint density at radius 2 is 1.62 bits per heavy atom. The van der Waals surface area contributed by atoms with E-state index >= 15 is 0 Å². The van der Waals surface area contributed by atoms with Gasteiger partial charge in [-0.15, -0.1) is 0 Å². The summed E-state index contributed by atoms with van der Waals surface area (Å²) in [6, 6.07) is 25.5. The van der Waals surface area contributed by atoms with Gasteiger partial charge in [0.15, 0.2) is 5.82 Å². The van der Waals surface area contributed by atoms with Crippen LogP contribution < -0.4 is 5.32 Å². The maximum Gasteiger partial charge on any atom is 0.337 e. The van der Waals surface area contributed by atoms with E-state index in [1.807, 2.05) is 48.5 Å². The van der Waals surface area contributed by atoms with Crippen LogP contribution in [0.1, 0.15) is 15.9 Å². The molecule has 29 heavy (non-hydrogen) atoms. The van der Waals surface area contributed by atoms with E-state index in [1.54, 1.807) is 18.2 Å². The van der Waals surface area contributed by atoms with Gasteiger partial charge in [-0.25, -0.2) is 14.8 Å². The Hall–Kier alpha value is -3.73. The number of esters is 1. The monoisotopic (exact) mass is 383 g/mol. The van der Waals surface area contributed by atoms with Crippen molar-refractivity contribution in [3.05, 3.63) is 90.0 Å². The number of aromatic nitrogens is 2. The molecule has 5 heteroatoms. The van der Waals surface area contributed by atoms with Crippen molar-refractivity contribution in [2.24, 2.45) is 0 Å². The number of hydrogen-bond donors (Lipinski definition) is 1. The molecule has 3 aromatic carbocycles. The quantitative estimate of drug-likeness (QED) is 0.487. The van der Waals surface area contributed by atoms with Crippen molar-refractivity contribution < 1.29 is 9.53 Å². The molecule has 4 rings (SSSR count). The topological polar surface area (TPSA) is 64.1 Å². The summed E-state index contributed by atoms with van der Waals surface area (Å²) >= 11 is 0. The van der Waals surface area contributed by atoms with Gasteiger partial charge in [0.05, 0.1) is 23.7 Å². The highest BCUT2D eigenvalue weighted by atomic mass is 16.5. The van der Waals surface area contributed by atoms with E-state index in [-0.39, 0.29) is 5.97 Å². The van der Waals surface area contributed by atoms with Gasteiger partial charge in [0.25, 0.3) is 0 Å². The maximum absolute atomic E-state index is 11.9. The number of nitrogens with zero attached hydrogens (tertiary/aromatic N) is 2. The highest BCUT2D eigenvalue weighted by Crippen LogP contribution is 2.27. The Morgan fingerprint density at radius 3 is 2.34 bits per heavy atom. The van der Waals surface area contributed by atoms with E-state index in [2.05, 4.69) is 17.4 Å². The van der Waals surface area contributed by atoms with Gasteiger partial charge in [0, 0.05) is 12.1 Å². The largest absolute Gasteiger partial charge is 0.465 e. The minimum Gasteiger partial charge on any atom is -0.465 e. The SMILES string of the molecule is COC(=O)c1ccc2nc(-c3ccccc3)c(NCCc3ccccc3)nc2c1. The Balaban J connectivity index is 1.70. The van der Waals surface area contributed by atoms with Crippen LogP contribution in [0.25, 0.3) is 22.3 Å². The molecule has 0 unspecified atom stereocenters. The van der Waals surface area contributed by atoms with Gasteiger partial charge in [-0.2, -0.15) is 0 Å². The molecule has 0 aliphatic rings. The molecule has 5 nitrogen and oxygen atoms in total. The molecule has 0 spiro atoms.